The molecule has 0 spiro atoms. The van der Waals surface area contributed by atoms with E-state index in [4.69, 9.17) is 15.8 Å². The van der Waals surface area contributed by atoms with Crippen LogP contribution < -0.4 is 0 Å². The highest BCUT2D eigenvalue weighted by Crippen LogP contribution is 2.65. The van der Waals surface area contributed by atoms with Crippen LogP contribution in [0.5, 0.6) is 0 Å². The minimum atomic E-state index is -1.00. The van der Waals surface area contributed by atoms with Crippen LogP contribution in [0.4, 0.5) is 0 Å². The van der Waals surface area contributed by atoms with Crippen molar-refractivity contribution >= 4 is 0 Å². The molecule has 66 valence electrons. The van der Waals surface area contributed by atoms with E-state index in [0.717, 1.165) is 12.8 Å². The SMILES string of the molecule is CCCCC1(C#N)CC1(C#N)C#N. The van der Waals surface area contributed by atoms with E-state index in [9.17, 15) is 0 Å². The summed E-state index contributed by atoms with van der Waals surface area (Å²) in [6, 6.07) is 6.07. The Bertz CT molecular complexity index is 312. The Labute approximate surface area is 78.2 Å². The van der Waals surface area contributed by atoms with Crippen molar-refractivity contribution in [1.29, 1.82) is 15.8 Å². The predicted molar refractivity (Wildman–Crippen MR) is 45.8 cm³/mol. The summed E-state index contributed by atoms with van der Waals surface area (Å²) in [5.74, 6) is 0. The van der Waals surface area contributed by atoms with Crippen LogP contribution in [-0.2, 0) is 0 Å². The summed E-state index contributed by atoms with van der Waals surface area (Å²) in [7, 11) is 0. The Kier molecular flexibility index (Phi) is 2.26. The van der Waals surface area contributed by atoms with Crippen LogP contribution in [0.2, 0.25) is 0 Å². The van der Waals surface area contributed by atoms with Gasteiger partial charge in [0, 0.05) is 6.42 Å². The molecule has 1 rings (SSSR count). The third-order valence-corrected chi connectivity index (χ3v) is 2.81. The van der Waals surface area contributed by atoms with Gasteiger partial charge in [-0.15, -0.1) is 0 Å². The first kappa shape index (κ1) is 9.56. The Morgan fingerprint density at radius 2 is 1.77 bits per heavy atom. The van der Waals surface area contributed by atoms with Crippen molar-refractivity contribution < 1.29 is 0 Å². The summed E-state index contributed by atoms with van der Waals surface area (Å²) in [6.07, 6.45) is 3.03. The zero-order valence-electron chi connectivity index (χ0n) is 7.67. The highest BCUT2D eigenvalue weighted by Gasteiger charge is 2.69. The lowest BCUT2D eigenvalue weighted by molar-refractivity contribution is 0.501. The van der Waals surface area contributed by atoms with Gasteiger partial charge in [0.05, 0.1) is 23.6 Å². The van der Waals surface area contributed by atoms with E-state index in [1.165, 1.54) is 0 Å². The van der Waals surface area contributed by atoms with Gasteiger partial charge >= 0.3 is 0 Å². The lowest BCUT2D eigenvalue weighted by Gasteiger charge is -2.06. The summed E-state index contributed by atoms with van der Waals surface area (Å²) in [5, 5.41) is 26.5. The molecule has 0 aromatic heterocycles. The molecule has 0 heterocycles. The molecule has 1 saturated carbocycles. The zero-order valence-corrected chi connectivity index (χ0v) is 7.67. The normalized spacial score (nSPS) is 28.2. The van der Waals surface area contributed by atoms with Crippen LogP contribution in [-0.4, -0.2) is 0 Å². The molecule has 1 aliphatic rings. The van der Waals surface area contributed by atoms with E-state index in [1.807, 2.05) is 19.1 Å². The van der Waals surface area contributed by atoms with Crippen LogP contribution in [0.3, 0.4) is 0 Å². The minimum Gasteiger partial charge on any atom is -0.198 e. The molecule has 1 fully saturated rings. The molecule has 1 aliphatic carbocycles. The van der Waals surface area contributed by atoms with Crippen molar-refractivity contribution in [3.8, 4) is 18.2 Å². The van der Waals surface area contributed by atoms with Crippen molar-refractivity contribution in [1.82, 2.24) is 0 Å². The Morgan fingerprint density at radius 1 is 1.15 bits per heavy atom. The van der Waals surface area contributed by atoms with Crippen molar-refractivity contribution in [3.63, 3.8) is 0 Å². The second-order valence-electron chi connectivity index (χ2n) is 3.60. The molecule has 3 heteroatoms. The number of hydrogen-bond acceptors (Lipinski definition) is 3. The van der Waals surface area contributed by atoms with Crippen molar-refractivity contribution in [2.45, 2.75) is 32.6 Å². The first-order valence-electron chi connectivity index (χ1n) is 4.44. The Morgan fingerprint density at radius 3 is 2.08 bits per heavy atom. The second kappa shape index (κ2) is 3.08. The second-order valence-corrected chi connectivity index (χ2v) is 3.60. The van der Waals surface area contributed by atoms with Gasteiger partial charge in [0.15, 0.2) is 5.41 Å². The molecule has 0 aromatic carbocycles. The van der Waals surface area contributed by atoms with Crippen molar-refractivity contribution in [2.75, 3.05) is 0 Å². The molecule has 0 N–H and O–H groups in total. The van der Waals surface area contributed by atoms with E-state index in [-0.39, 0.29) is 0 Å². The van der Waals surface area contributed by atoms with Gasteiger partial charge in [0.25, 0.3) is 0 Å². The molecule has 0 radical (unpaired) electrons. The lowest BCUT2D eigenvalue weighted by Crippen LogP contribution is -2.08. The highest BCUT2D eigenvalue weighted by molar-refractivity contribution is 5.40. The van der Waals surface area contributed by atoms with Crippen LogP contribution >= 0.6 is 0 Å². The van der Waals surface area contributed by atoms with Gasteiger partial charge < -0.3 is 0 Å². The van der Waals surface area contributed by atoms with Gasteiger partial charge in [-0.3, -0.25) is 0 Å². The van der Waals surface area contributed by atoms with Gasteiger partial charge in [-0.05, 0) is 6.42 Å². The number of hydrogen-bond donors (Lipinski definition) is 0. The van der Waals surface area contributed by atoms with E-state index in [0.29, 0.717) is 12.8 Å². The van der Waals surface area contributed by atoms with Crippen LogP contribution in [0.15, 0.2) is 0 Å². The number of nitriles is 3. The van der Waals surface area contributed by atoms with Crippen molar-refractivity contribution in [3.05, 3.63) is 0 Å². The zero-order chi connectivity index (χ0) is 9.95. The molecule has 0 aliphatic heterocycles. The molecule has 0 bridgehead atoms. The number of rotatable bonds is 3. The molecule has 3 nitrogen and oxygen atoms in total. The smallest absolute Gasteiger partial charge is 0.163 e. The van der Waals surface area contributed by atoms with E-state index in [2.05, 4.69) is 6.07 Å². The largest absolute Gasteiger partial charge is 0.198 e. The quantitative estimate of drug-likeness (QED) is 0.656. The van der Waals surface area contributed by atoms with Crippen LogP contribution in [0, 0.1) is 44.8 Å². The molecule has 0 saturated heterocycles. The summed E-state index contributed by atoms with van der Waals surface area (Å²) < 4.78 is 0. The van der Waals surface area contributed by atoms with E-state index < -0.39 is 10.8 Å². The number of unbranched alkanes of at least 4 members (excludes halogenated alkanes) is 1. The summed E-state index contributed by atoms with van der Waals surface area (Å²) in [5.41, 5.74) is -1.66. The number of nitrogens with zero attached hydrogens (tertiary/aromatic N) is 3. The maximum atomic E-state index is 8.93. The fraction of sp³-hybridized carbons (Fsp3) is 0.700. The van der Waals surface area contributed by atoms with Crippen molar-refractivity contribution in [2.24, 2.45) is 10.8 Å². The summed E-state index contributed by atoms with van der Waals surface area (Å²) >= 11 is 0. The average molecular weight is 173 g/mol. The first-order valence-corrected chi connectivity index (χ1v) is 4.44. The van der Waals surface area contributed by atoms with Crippen LogP contribution in [0.25, 0.3) is 0 Å². The standard InChI is InChI=1S/C10H11N3/c1-2-3-4-9(6-11)5-10(9,7-12)8-13/h2-5H2,1H3. The lowest BCUT2D eigenvalue weighted by atomic mass is 9.91. The minimum absolute atomic E-state index is 0.434. The average Bonchev–Trinajstić information content (AvgIpc) is 2.85. The Balaban J connectivity index is 2.77. The molecule has 1 unspecified atom stereocenters. The molecular weight excluding hydrogens is 162 g/mol. The third kappa shape index (κ3) is 1.16. The molecule has 13 heavy (non-hydrogen) atoms. The Hall–Kier alpha value is -1.53. The first-order chi connectivity index (χ1) is 6.20. The molecule has 1 atom stereocenters. The van der Waals surface area contributed by atoms with E-state index >= 15 is 0 Å². The molecule has 0 aromatic rings. The monoisotopic (exact) mass is 173 g/mol. The fourth-order valence-corrected chi connectivity index (χ4v) is 1.70. The van der Waals surface area contributed by atoms with Gasteiger partial charge in [-0.25, -0.2) is 0 Å². The van der Waals surface area contributed by atoms with Gasteiger partial charge in [0.1, 0.15) is 0 Å². The highest BCUT2D eigenvalue weighted by atomic mass is 14.7. The van der Waals surface area contributed by atoms with Gasteiger partial charge in [-0.1, -0.05) is 19.8 Å². The fourth-order valence-electron chi connectivity index (χ4n) is 1.70. The third-order valence-electron chi connectivity index (χ3n) is 2.81. The topological polar surface area (TPSA) is 71.4 Å². The summed E-state index contributed by atoms with van der Waals surface area (Å²) in [4.78, 5) is 0. The summed E-state index contributed by atoms with van der Waals surface area (Å²) in [6.45, 7) is 2.04. The predicted octanol–water partition coefficient (Wildman–Crippen LogP) is 2.12. The molecular formula is C10H11N3. The van der Waals surface area contributed by atoms with Gasteiger partial charge in [0.2, 0.25) is 0 Å². The maximum absolute atomic E-state index is 8.93. The van der Waals surface area contributed by atoms with Gasteiger partial charge in [-0.2, -0.15) is 15.8 Å². The van der Waals surface area contributed by atoms with E-state index in [1.54, 1.807) is 0 Å². The van der Waals surface area contributed by atoms with Crippen LogP contribution in [0.1, 0.15) is 32.6 Å². The molecule has 0 amide bonds. The maximum Gasteiger partial charge on any atom is 0.163 e.